The Labute approximate surface area is 110 Å². The van der Waals surface area contributed by atoms with Crippen LogP contribution in [0.5, 0.6) is 0 Å². The molecule has 1 N–H and O–H groups in total. The Bertz CT molecular complexity index is 343. The highest BCUT2D eigenvalue weighted by Crippen LogP contribution is 2.17. The predicted molar refractivity (Wildman–Crippen MR) is 72.3 cm³/mol. The number of rotatable bonds is 6. The van der Waals surface area contributed by atoms with E-state index in [0.717, 1.165) is 44.6 Å². The molecule has 1 aromatic heterocycles. The maximum Gasteiger partial charge on any atom is 0.122 e. The molecule has 0 aromatic carbocycles. The smallest absolute Gasteiger partial charge is 0.122 e. The van der Waals surface area contributed by atoms with Gasteiger partial charge in [-0.3, -0.25) is 0 Å². The minimum atomic E-state index is 0.684. The maximum atomic E-state index is 5.40. The minimum Gasteiger partial charge on any atom is -0.381 e. The van der Waals surface area contributed by atoms with E-state index in [-0.39, 0.29) is 0 Å². The number of aromatic nitrogens is 2. The van der Waals surface area contributed by atoms with Crippen molar-refractivity contribution in [3.63, 3.8) is 0 Å². The van der Waals surface area contributed by atoms with Crippen molar-refractivity contribution in [3.8, 4) is 0 Å². The molecule has 0 bridgehead atoms. The summed E-state index contributed by atoms with van der Waals surface area (Å²) >= 11 is 0. The van der Waals surface area contributed by atoms with Gasteiger partial charge in [-0.15, -0.1) is 0 Å². The lowest BCUT2D eigenvalue weighted by molar-refractivity contribution is 0.0610. The average molecular weight is 251 g/mol. The highest BCUT2D eigenvalue weighted by Gasteiger charge is 2.15. The summed E-state index contributed by atoms with van der Waals surface area (Å²) in [4.78, 5) is 4.45. The highest BCUT2D eigenvalue weighted by molar-refractivity contribution is 4.92. The third kappa shape index (κ3) is 4.10. The number of nitrogens with one attached hydrogen (secondary N) is 1. The summed E-state index contributed by atoms with van der Waals surface area (Å²) in [5, 5.41) is 3.46. The van der Waals surface area contributed by atoms with Gasteiger partial charge in [-0.05, 0) is 31.2 Å². The minimum absolute atomic E-state index is 0.684. The third-order valence-corrected chi connectivity index (χ3v) is 3.43. The summed E-state index contributed by atoms with van der Waals surface area (Å²) in [6.07, 6.45) is 6.36. The molecule has 0 amide bonds. The van der Waals surface area contributed by atoms with E-state index < -0.39 is 0 Å². The van der Waals surface area contributed by atoms with E-state index in [4.69, 9.17) is 4.74 Å². The SMILES string of the molecule is CC(C)CNCc1nccn1CC1CCOCC1. The Kier molecular flexibility index (Phi) is 5.20. The zero-order valence-electron chi connectivity index (χ0n) is 11.6. The summed E-state index contributed by atoms with van der Waals surface area (Å²) in [6.45, 7) is 9.28. The van der Waals surface area contributed by atoms with Crippen LogP contribution in [0.25, 0.3) is 0 Å². The van der Waals surface area contributed by atoms with Crippen molar-refractivity contribution >= 4 is 0 Å². The molecule has 1 aliphatic rings. The Morgan fingerprint density at radius 2 is 2.22 bits per heavy atom. The Morgan fingerprint density at radius 1 is 1.44 bits per heavy atom. The number of hydrogen-bond acceptors (Lipinski definition) is 3. The lowest BCUT2D eigenvalue weighted by Gasteiger charge is -2.23. The van der Waals surface area contributed by atoms with Gasteiger partial charge in [0.25, 0.3) is 0 Å². The van der Waals surface area contributed by atoms with E-state index in [1.807, 2.05) is 6.20 Å². The van der Waals surface area contributed by atoms with E-state index in [1.54, 1.807) is 0 Å². The van der Waals surface area contributed by atoms with Crippen molar-refractivity contribution in [1.82, 2.24) is 14.9 Å². The van der Waals surface area contributed by atoms with Crippen LogP contribution >= 0.6 is 0 Å². The Morgan fingerprint density at radius 3 is 2.94 bits per heavy atom. The van der Waals surface area contributed by atoms with Crippen LogP contribution in [0, 0.1) is 11.8 Å². The van der Waals surface area contributed by atoms with Gasteiger partial charge in [0, 0.05) is 32.2 Å². The monoisotopic (exact) mass is 251 g/mol. The van der Waals surface area contributed by atoms with Crippen LogP contribution in [0.15, 0.2) is 12.4 Å². The normalized spacial score (nSPS) is 17.5. The van der Waals surface area contributed by atoms with Gasteiger partial charge in [-0.25, -0.2) is 4.98 Å². The first-order valence-electron chi connectivity index (χ1n) is 7.04. The highest BCUT2D eigenvalue weighted by atomic mass is 16.5. The van der Waals surface area contributed by atoms with Crippen LogP contribution in [0.4, 0.5) is 0 Å². The Hall–Kier alpha value is -0.870. The van der Waals surface area contributed by atoms with Crippen LogP contribution in [0.2, 0.25) is 0 Å². The predicted octanol–water partition coefficient (Wildman–Crippen LogP) is 2.06. The van der Waals surface area contributed by atoms with E-state index in [1.165, 1.54) is 12.8 Å². The zero-order chi connectivity index (χ0) is 12.8. The molecular weight excluding hydrogens is 226 g/mol. The molecule has 102 valence electrons. The van der Waals surface area contributed by atoms with Crippen LogP contribution in [-0.4, -0.2) is 29.3 Å². The molecule has 0 saturated carbocycles. The molecule has 0 atom stereocenters. The molecular formula is C14H25N3O. The first kappa shape index (κ1) is 13.6. The second kappa shape index (κ2) is 6.90. The molecule has 0 aliphatic carbocycles. The molecule has 1 aliphatic heterocycles. The summed E-state index contributed by atoms with van der Waals surface area (Å²) in [5.41, 5.74) is 0. The van der Waals surface area contributed by atoms with E-state index in [9.17, 15) is 0 Å². The molecule has 2 heterocycles. The molecule has 4 heteroatoms. The zero-order valence-corrected chi connectivity index (χ0v) is 11.6. The van der Waals surface area contributed by atoms with Crippen molar-refractivity contribution in [2.45, 2.75) is 39.8 Å². The fourth-order valence-electron chi connectivity index (χ4n) is 2.35. The second-order valence-corrected chi connectivity index (χ2v) is 5.58. The number of imidazole rings is 1. The first-order valence-corrected chi connectivity index (χ1v) is 7.04. The molecule has 2 rings (SSSR count). The largest absolute Gasteiger partial charge is 0.381 e. The molecule has 1 saturated heterocycles. The van der Waals surface area contributed by atoms with Gasteiger partial charge in [0.1, 0.15) is 5.82 Å². The van der Waals surface area contributed by atoms with Gasteiger partial charge < -0.3 is 14.6 Å². The van der Waals surface area contributed by atoms with E-state index in [0.29, 0.717) is 5.92 Å². The van der Waals surface area contributed by atoms with E-state index in [2.05, 4.69) is 34.9 Å². The van der Waals surface area contributed by atoms with Gasteiger partial charge in [-0.1, -0.05) is 13.8 Å². The molecule has 0 unspecified atom stereocenters. The number of hydrogen-bond donors (Lipinski definition) is 1. The van der Waals surface area contributed by atoms with Crippen molar-refractivity contribution in [1.29, 1.82) is 0 Å². The second-order valence-electron chi connectivity index (χ2n) is 5.58. The summed E-state index contributed by atoms with van der Waals surface area (Å²) in [6, 6.07) is 0. The molecule has 0 spiro atoms. The van der Waals surface area contributed by atoms with Crippen molar-refractivity contribution in [2.75, 3.05) is 19.8 Å². The van der Waals surface area contributed by atoms with Crippen LogP contribution < -0.4 is 5.32 Å². The van der Waals surface area contributed by atoms with E-state index >= 15 is 0 Å². The Balaban J connectivity index is 1.82. The molecule has 0 radical (unpaired) electrons. The van der Waals surface area contributed by atoms with Crippen LogP contribution in [-0.2, 0) is 17.8 Å². The lowest BCUT2D eigenvalue weighted by Crippen LogP contribution is -2.24. The van der Waals surface area contributed by atoms with Crippen molar-refractivity contribution < 1.29 is 4.74 Å². The quantitative estimate of drug-likeness (QED) is 0.841. The lowest BCUT2D eigenvalue weighted by atomic mass is 10.0. The van der Waals surface area contributed by atoms with Crippen molar-refractivity contribution in [3.05, 3.63) is 18.2 Å². The fraction of sp³-hybridized carbons (Fsp3) is 0.786. The van der Waals surface area contributed by atoms with Gasteiger partial charge in [0.2, 0.25) is 0 Å². The average Bonchev–Trinajstić information content (AvgIpc) is 2.78. The van der Waals surface area contributed by atoms with Crippen LogP contribution in [0.3, 0.4) is 0 Å². The summed E-state index contributed by atoms with van der Waals surface area (Å²) < 4.78 is 7.70. The topological polar surface area (TPSA) is 39.1 Å². The first-order chi connectivity index (χ1) is 8.75. The molecule has 1 aromatic rings. The van der Waals surface area contributed by atoms with Gasteiger partial charge in [0.05, 0.1) is 6.54 Å². The maximum absolute atomic E-state index is 5.40. The molecule has 1 fully saturated rings. The van der Waals surface area contributed by atoms with Gasteiger partial charge >= 0.3 is 0 Å². The van der Waals surface area contributed by atoms with Crippen LogP contribution in [0.1, 0.15) is 32.5 Å². The number of nitrogens with zero attached hydrogens (tertiary/aromatic N) is 2. The molecule has 18 heavy (non-hydrogen) atoms. The number of ether oxygens (including phenoxy) is 1. The fourth-order valence-corrected chi connectivity index (χ4v) is 2.35. The van der Waals surface area contributed by atoms with Gasteiger partial charge in [-0.2, -0.15) is 0 Å². The molecule has 4 nitrogen and oxygen atoms in total. The van der Waals surface area contributed by atoms with Gasteiger partial charge in [0.15, 0.2) is 0 Å². The third-order valence-electron chi connectivity index (χ3n) is 3.43. The summed E-state index contributed by atoms with van der Waals surface area (Å²) in [7, 11) is 0. The standard InChI is InChI=1S/C14H25N3O/c1-12(2)9-15-10-14-16-5-6-17(14)11-13-3-7-18-8-4-13/h5-6,12-13,15H,3-4,7-11H2,1-2H3. The van der Waals surface area contributed by atoms with Crippen molar-refractivity contribution in [2.24, 2.45) is 11.8 Å². The summed E-state index contributed by atoms with van der Waals surface area (Å²) in [5.74, 6) is 2.59.